The fourth-order valence-corrected chi connectivity index (χ4v) is 3.12. The molecule has 0 bridgehead atoms. The van der Waals surface area contributed by atoms with Gasteiger partial charge in [0.2, 0.25) is 10.0 Å². The van der Waals surface area contributed by atoms with Crippen molar-refractivity contribution in [2.24, 2.45) is 0 Å². The highest BCUT2D eigenvalue weighted by molar-refractivity contribution is 7.91. The van der Waals surface area contributed by atoms with Crippen molar-refractivity contribution < 1.29 is 8.42 Å². The number of pyridine rings is 1. The summed E-state index contributed by atoms with van der Waals surface area (Å²) in [7, 11) is -3.57. The summed E-state index contributed by atoms with van der Waals surface area (Å²) in [6.07, 6.45) is 1.57. The average molecular weight is 312 g/mol. The monoisotopic (exact) mass is 311 g/mol. The molecule has 0 aliphatic carbocycles. The molecule has 0 aliphatic heterocycles. The smallest absolute Gasteiger partial charge is 0.237 e. The van der Waals surface area contributed by atoms with Crippen molar-refractivity contribution in [2.45, 2.75) is 12.7 Å². The van der Waals surface area contributed by atoms with E-state index in [1.54, 1.807) is 43.5 Å². The molecule has 1 heterocycles. The van der Waals surface area contributed by atoms with Crippen LogP contribution in [0.5, 0.6) is 0 Å². The number of hydrogen-bond acceptors (Lipinski definition) is 4. The first-order chi connectivity index (χ1) is 9.35. The summed E-state index contributed by atoms with van der Waals surface area (Å²) in [6.45, 7) is 1.80. The normalized spacial score (nSPS) is 11.3. The summed E-state index contributed by atoms with van der Waals surface area (Å²) in [5, 5.41) is 0.117. The highest BCUT2D eigenvalue weighted by atomic mass is 35.5. The maximum absolute atomic E-state index is 12.1. The number of hydrogen-bond donors (Lipinski definition) is 2. The van der Waals surface area contributed by atoms with Gasteiger partial charge >= 0.3 is 0 Å². The summed E-state index contributed by atoms with van der Waals surface area (Å²) in [4.78, 5) is 3.90. The summed E-state index contributed by atoms with van der Waals surface area (Å²) < 4.78 is 26.6. The number of aromatic nitrogens is 1. The quantitative estimate of drug-likeness (QED) is 0.671. The Balaban J connectivity index is 2.21. The Kier molecular flexibility index (Phi) is 4.15. The molecule has 1 aromatic heterocycles. The van der Waals surface area contributed by atoms with Crippen LogP contribution < -0.4 is 10.5 Å². The Hall–Kier alpha value is -1.79. The number of nitrogens with zero attached hydrogens (tertiary/aromatic N) is 1. The van der Waals surface area contributed by atoms with Crippen LogP contribution in [0.15, 0.2) is 36.5 Å². The number of sulfonamides is 1. The van der Waals surface area contributed by atoms with E-state index in [0.717, 1.165) is 5.56 Å². The van der Waals surface area contributed by atoms with E-state index in [-0.39, 0.29) is 16.6 Å². The van der Waals surface area contributed by atoms with E-state index in [0.29, 0.717) is 11.3 Å². The van der Waals surface area contributed by atoms with E-state index in [9.17, 15) is 8.42 Å². The van der Waals surface area contributed by atoms with Gasteiger partial charge in [-0.05, 0) is 36.2 Å². The number of benzene rings is 1. The molecule has 0 spiro atoms. The Morgan fingerprint density at radius 3 is 2.80 bits per heavy atom. The second-order valence-electron chi connectivity index (χ2n) is 4.46. The van der Waals surface area contributed by atoms with Crippen LogP contribution in [0.2, 0.25) is 5.15 Å². The zero-order valence-corrected chi connectivity index (χ0v) is 12.4. The number of nitrogens with two attached hydrogens (primary N) is 1. The summed E-state index contributed by atoms with van der Waals surface area (Å²) in [5.74, 6) is -0.178. The standard InChI is InChI=1S/C13H14ClN3O2S/c1-9-5-12(13(14)16-7-9)17-20(18,19)8-10-3-2-4-11(15)6-10/h2-7,17H,8,15H2,1H3. The lowest BCUT2D eigenvalue weighted by molar-refractivity contribution is 0.600. The van der Waals surface area contributed by atoms with Gasteiger partial charge in [0.05, 0.1) is 11.4 Å². The van der Waals surface area contributed by atoms with Crippen molar-refractivity contribution in [3.8, 4) is 0 Å². The van der Waals surface area contributed by atoms with Crippen LogP contribution in [0.1, 0.15) is 11.1 Å². The van der Waals surface area contributed by atoms with Gasteiger partial charge in [0.1, 0.15) is 0 Å². The number of halogens is 1. The lowest BCUT2D eigenvalue weighted by atomic mass is 10.2. The SMILES string of the molecule is Cc1cnc(Cl)c(NS(=O)(=O)Cc2cccc(N)c2)c1. The van der Waals surface area contributed by atoms with Gasteiger partial charge in [-0.15, -0.1) is 0 Å². The topological polar surface area (TPSA) is 85.1 Å². The second kappa shape index (κ2) is 5.68. The minimum Gasteiger partial charge on any atom is -0.399 e. The van der Waals surface area contributed by atoms with E-state index in [4.69, 9.17) is 17.3 Å². The van der Waals surface area contributed by atoms with Crippen molar-refractivity contribution in [3.63, 3.8) is 0 Å². The van der Waals surface area contributed by atoms with E-state index >= 15 is 0 Å². The Morgan fingerprint density at radius 2 is 2.10 bits per heavy atom. The molecule has 20 heavy (non-hydrogen) atoms. The number of anilines is 2. The Labute approximate surface area is 122 Å². The van der Waals surface area contributed by atoms with Crippen LogP contribution in [0.3, 0.4) is 0 Å². The van der Waals surface area contributed by atoms with Gasteiger partial charge in [-0.3, -0.25) is 4.72 Å². The molecule has 0 fully saturated rings. The van der Waals surface area contributed by atoms with Crippen molar-refractivity contribution in [1.29, 1.82) is 0 Å². The Bertz CT molecular complexity index is 732. The molecule has 7 heteroatoms. The molecule has 0 saturated heterocycles. The van der Waals surface area contributed by atoms with Crippen molar-refractivity contribution in [2.75, 3.05) is 10.5 Å². The first kappa shape index (κ1) is 14.6. The van der Waals surface area contributed by atoms with Crippen LogP contribution in [0, 0.1) is 6.92 Å². The number of aryl methyl sites for hydroxylation is 1. The van der Waals surface area contributed by atoms with E-state index in [1.807, 2.05) is 0 Å². The number of nitrogens with one attached hydrogen (secondary N) is 1. The molecule has 0 unspecified atom stereocenters. The third kappa shape index (κ3) is 3.85. The molecule has 2 aromatic rings. The van der Waals surface area contributed by atoms with Gasteiger partial charge in [-0.2, -0.15) is 0 Å². The zero-order valence-electron chi connectivity index (χ0n) is 10.8. The molecule has 0 saturated carbocycles. The largest absolute Gasteiger partial charge is 0.399 e. The molecule has 0 aliphatic rings. The van der Waals surface area contributed by atoms with E-state index in [2.05, 4.69) is 9.71 Å². The van der Waals surface area contributed by atoms with Crippen LogP contribution >= 0.6 is 11.6 Å². The predicted octanol–water partition coefficient (Wildman–Crippen LogP) is 2.57. The van der Waals surface area contributed by atoms with Crippen molar-refractivity contribution in [1.82, 2.24) is 4.98 Å². The van der Waals surface area contributed by atoms with E-state index in [1.165, 1.54) is 0 Å². The maximum Gasteiger partial charge on any atom is 0.237 e. The third-order valence-electron chi connectivity index (χ3n) is 2.55. The summed E-state index contributed by atoms with van der Waals surface area (Å²) >= 11 is 5.87. The van der Waals surface area contributed by atoms with Crippen molar-refractivity contribution in [3.05, 3.63) is 52.8 Å². The fraction of sp³-hybridized carbons (Fsp3) is 0.154. The molecule has 5 nitrogen and oxygen atoms in total. The second-order valence-corrected chi connectivity index (χ2v) is 6.54. The molecule has 106 valence electrons. The molecule has 0 radical (unpaired) electrons. The van der Waals surface area contributed by atoms with Gasteiger partial charge in [0, 0.05) is 11.9 Å². The Morgan fingerprint density at radius 1 is 1.35 bits per heavy atom. The first-order valence-electron chi connectivity index (χ1n) is 5.83. The molecule has 3 N–H and O–H groups in total. The number of nitrogen functional groups attached to an aromatic ring is 1. The molecule has 0 atom stereocenters. The lowest BCUT2D eigenvalue weighted by Crippen LogP contribution is -2.15. The van der Waals surface area contributed by atoms with Crippen LogP contribution in [0.4, 0.5) is 11.4 Å². The molecule has 2 rings (SSSR count). The first-order valence-corrected chi connectivity index (χ1v) is 7.86. The molecular formula is C13H14ClN3O2S. The van der Waals surface area contributed by atoms with Gasteiger partial charge in [0.15, 0.2) is 5.15 Å². The average Bonchev–Trinajstić information content (AvgIpc) is 2.33. The lowest BCUT2D eigenvalue weighted by Gasteiger charge is -2.10. The van der Waals surface area contributed by atoms with Crippen LogP contribution in [-0.4, -0.2) is 13.4 Å². The third-order valence-corrected chi connectivity index (χ3v) is 4.09. The van der Waals surface area contributed by atoms with E-state index < -0.39 is 10.0 Å². The van der Waals surface area contributed by atoms with Crippen LogP contribution in [0.25, 0.3) is 0 Å². The van der Waals surface area contributed by atoms with Gasteiger partial charge in [-0.1, -0.05) is 23.7 Å². The highest BCUT2D eigenvalue weighted by Gasteiger charge is 2.14. The number of rotatable bonds is 4. The van der Waals surface area contributed by atoms with Gasteiger partial charge in [-0.25, -0.2) is 13.4 Å². The molecule has 0 amide bonds. The zero-order chi connectivity index (χ0) is 14.8. The van der Waals surface area contributed by atoms with Gasteiger partial charge < -0.3 is 5.73 Å². The molecule has 1 aromatic carbocycles. The minimum absolute atomic E-state index is 0.117. The maximum atomic E-state index is 12.1. The van der Waals surface area contributed by atoms with Gasteiger partial charge in [0.25, 0.3) is 0 Å². The predicted molar refractivity (Wildman–Crippen MR) is 81.1 cm³/mol. The summed E-state index contributed by atoms with van der Waals surface area (Å²) in [6, 6.07) is 8.36. The molecular weight excluding hydrogens is 298 g/mol. The fourth-order valence-electron chi connectivity index (χ4n) is 1.73. The van der Waals surface area contributed by atoms with Crippen molar-refractivity contribution >= 4 is 33.0 Å². The highest BCUT2D eigenvalue weighted by Crippen LogP contribution is 2.22. The summed E-state index contributed by atoms with van der Waals surface area (Å²) in [5.41, 5.74) is 7.84. The van der Waals surface area contributed by atoms with Crippen LogP contribution in [-0.2, 0) is 15.8 Å². The minimum atomic E-state index is -3.57.